The molecule has 0 bridgehead atoms. The van der Waals surface area contributed by atoms with E-state index in [9.17, 15) is 0 Å². The minimum absolute atomic E-state index is 0.303. The zero-order valence-electron chi connectivity index (χ0n) is 12.1. The van der Waals surface area contributed by atoms with E-state index >= 15 is 0 Å². The average Bonchev–Trinajstić information content (AvgIpc) is 2.83. The third kappa shape index (κ3) is 3.54. The number of rotatable bonds is 3. The second-order valence-electron chi connectivity index (χ2n) is 6.92. The molecule has 3 fully saturated rings. The van der Waals surface area contributed by atoms with Gasteiger partial charge in [0.1, 0.15) is 0 Å². The fourth-order valence-corrected chi connectivity index (χ4v) is 4.85. The van der Waals surface area contributed by atoms with Crippen molar-refractivity contribution in [2.24, 2.45) is 5.92 Å². The molecular weight excluding hydrogens is 302 g/mol. The molecule has 0 radical (unpaired) electrons. The van der Waals surface area contributed by atoms with Gasteiger partial charge in [-0.1, -0.05) is 35.2 Å². The Morgan fingerprint density at radius 2 is 1.74 bits per heavy atom. The molecule has 1 atom stereocenters. The van der Waals surface area contributed by atoms with Gasteiger partial charge >= 0.3 is 0 Å². The Labute approximate surface area is 126 Å². The van der Waals surface area contributed by atoms with Gasteiger partial charge < -0.3 is 9.64 Å². The molecule has 2 nitrogen and oxygen atoms in total. The van der Waals surface area contributed by atoms with Gasteiger partial charge in [0.25, 0.3) is 0 Å². The van der Waals surface area contributed by atoms with Crippen LogP contribution in [0, 0.1) is 5.92 Å². The molecule has 2 saturated heterocycles. The molecule has 0 aromatic rings. The lowest BCUT2D eigenvalue weighted by atomic mass is 9.83. The Kier molecular flexibility index (Phi) is 4.86. The van der Waals surface area contributed by atoms with Gasteiger partial charge in [-0.3, -0.25) is 0 Å². The molecule has 2 aliphatic heterocycles. The number of piperidine rings is 1. The summed E-state index contributed by atoms with van der Waals surface area (Å²) in [4.78, 5) is 2.64. The highest BCUT2D eigenvalue weighted by Crippen LogP contribution is 2.42. The van der Waals surface area contributed by atoms with E-state index in [4.69, 9.17) is 4.74 Å². The first kappa shape index (κ1) is 14.3. The van der Waals surface area contributed by atoms with Gasteiger partial charge in [-0.25, -0.2) is 0 Å². The van der Waals surface area contributed by atoms with Gasteiger partial charge in [0.2, 0.25) is 0 Å². The summed E-state index contributed by atoms with van der Waals surface area (Å²) >= 11 is 3.62. The van der Waals surface area contributed by atoms with Crippen molar-refractivity contribution in [2.45, 2.75) is 69.5 Å². The van der Waals surface area contributed by atoms with Crippen molar-refractivity contribution < 1.29 is 4.74 Å². The zero-order chi connectivity index (χ0) is 13.1. The minimum Gasteiger partial charge on any atom is -0.370 e. The van der Waals surface area contributed by atoms with E-state index in [1.165, 1.54) is 82.8 Å². The summed E-state index contributed by atoms with van der Waals surface area (Å²) in [6.45, 7) is 3.75. The Balaban J connectivity index is 1.44. The average molecular weight is 330 g/mol. The number of ether oxygens (including phenoxy) is 1. The molecule has 2 heterocycles. The van der Waals surface area contributed by atoms with Crippen molar-refractivity contribution in [1.82, 2.24) is 4.90 Å². The second kappa shape index (κ2) is 6.44. The molecule has 110 valence electrons. The van der Waals surface area contributed by atoms with Crippen LogP contribution in [0.3, 0.4) is 0 Å². The molecule has 1 saturated carbocycles. The van der Waals surface area contributed by atoms with Crippen molar-refractivity contribution in [3.63, 3.8) is 0 Å². The normalized spacial score (nSPS) is 33.0. The Morgan fingerprint density at radius 1 is 1.00 bits per heavy atom. The summed E-state index contributed by atoms with van der Waals surface area (Å²) in [6.07, 6.45) is 12.8. The number of hydrogen-bond acceptors (Lipinski definition) is 2. The van der Waals surface area contributed by atoms with Crippen molar-refractivity contribution in [3.8, 4) is 0 Å². The molecule has 1 aliphatic carbocycles. The van der Waals surface area contributed by atoms with E-state index in [0.29, 0.717) is 11.7 Å². The maximum atomic E-state index is 6.49. The van der Waals surface area contributed by atoms with E-state index in [1.54, 1.807) is 0 Å². The van der Waals surface area contributed by atoms with Gasteiger partial charge in [-0.05, 0) is 57.5 Å². The van der Waals surface area contributed by atoms with E-state index in [1.807, 2.05) is 0 Å². The van der Waals surface area contributed by atoms with E-state index in [2.05, 4.69) is 20.8 Å². The van der Waals surface area contributed by atoms with Crippen LogP contribution in [-0.4, -0.2) is 41.6 Å². The van der Waals surface area contributed by atoms with E-state index in [0.717, 1.165) is 5.92 Å². The molecule has 0 aromatic heterocycles. The van der Waals surface area contributed by atoms with Crippen LogP contribution in [0.25, 0.3) is 0 Å². The van der Waals surface area contributed by atoms with Crippen LogP contribution in [0.5, 0.6) is 0 Å². The lowest BCUT2D eigenvalue weighted by Crippen LogP contribution is -2.40. The Hall–Kier alpha value is 0.400. The standard InChI is InChI=1S/C16H28BrNO/c17-12-14-5-10-18(11-6-14)13-15-4-9-16(19-15)7-2-1-3-8-16/h14-15H,1-13H2. The summed E-state index contributed by atoms with van der Waals surface area (Å²) in [6, 6.07) is 0. The highest BCUT2D eigenvalue weighted by atomic mass is 79.9. The highest BCUT2D eigenvalue weighted by molar-refractivity contribution is 9.09. The number of nitrogens with zero attached hydrogens (tertiary/aromatic N) is 1. The summed E-state index contributed by atoms with van der Waals surface area (Å²) in [5.74, 6) is 0.908. The molecule has 0 amide bonds. The highest BCUT2D eigenvalue weighted by Gasteiger charge is 2.41. The van der Waals surface area contributed by atoms with E-state index in [-0.39, 0.29) is 0 Å². The smallest absolute Gasteiger partial charge is 0.0710 e. The SMILES string of the molecule is BrCC1CCN(CC2CCC3(CCCCC3)O2)CC1. The van der Waals surface area contributed by atoms with Crippen molar-refractivity contribution in [1.29, 1.82) is 0 Å². The number of likely N-dealkylation sites (tertiary alicyclic amines) is 1. The number of halogens is 1. The Bertz CT molecular complexity index is 282. The van der Waals surface area contributed by atoms with Gasteiger partial charge in [-0.2, -0.15) is 0 Å². The van der Waals surface area contributed by atoms with Crippen LogP contribution in [0.4, 0.5) is 0 Å². The van der Waals surface area contributed by atoms with Crippen molar-refractivity contribution >= 4 is 15.9 Å². The summed E-state index contributed by atoms with van der Waals surface area (Å²) in [7, 11) is 0. The van der Waals surface area contributed by atoms with Gasteiger partial charge in [0, 0.05) is 11.9 Å². The van der Waals surface area contributed by atoms with Crippen LogP contribution in [0.15, 0.2) is 0 Å². The van der Waals surface area contributed by atoms with Crippen LogP contribution in [-0.2, 0) is 4.74 Å². The molecule has 3 aliphatic rings. The third-order valence-electron chi connectivity index (χ3n) is 5.49. The first-order valence-electron chi connectivity index (χ1n) is 8.26. The van der Waals surface area contributed by atoms with Gasteiger partial charge in [-0.15, -0.1) is 0 Å². The predicted octanol–water partition coefficient (Wildman–Crippen LogP) is 3.98. The van der Waals surface area contributed by atoms with Crippen molar-refractivity contribution in [3.05, 3.63) is 0 Å². The topological polar surface area (TPSA) is 12.5 Å². The minimum atomic E-state index is 0.303. The number of alkyl halides is 1. The first-order valence-corrected chi connectivity index (χ1v) is 9.38. The monoisotopic (exact) mass is 329 g/mol. The zero-order valence-corrected chi connectivity index (χ0v) is 13.7. The van der Waals surface area contributed by atoms with Crippen LogP contribution in [0.2, 0.25) is 0 Å². The molecule has 0 N–H and O–H groups in total. The molecule has 3 rings (SSSR count). The summed E-state index contributed by atoms with van der Waals surface area (Å²) in [5.41, 5.74) is 0.303. The number of hydrogen-bond donors (Lipinski definition) is 0. The molecule has 1 spiro atoms. The van der Waals surface area contributed by atoms with Gasteiger partial charge in [0.15, 0.2) is 0 Å². The molecular formula is C16H28BrNO. The van der Waals surface area contributed by atoms with Crippen LogP contribution >= 0.6 is 15.9 Å². The largest absolute Gasteiger partial charge is 0.370 e. The lowest BCUT2D eigenvalue weighted by molar-refractivity contribution is -0.0734. The molecule has 3 heteroatoms. The Morgan fingerprint density at radius 3 is 2.42 bits per heavy atom. The van der Waals surface area contributed by atoms with Crippen LogP contribution in [0.1, 0.15) is 57.8 Å². The molecule has 19 heavy (non-hydrogen) atoms. The van der Waals surface area contributed by atoms with E-state index < -0.39 is 0 Å². The maximum absolute atomic E-state index is 6.49. The lowest BCUT2D eigenvalue weighted by Gasteiger charge is -2.36. The predicted molar refractivity (Wildman–Crippen MR) is 82.9 cm³/mol. The van der Waals surface area contributed by atoms with Gasteiger partial charge in [0.05, 0.1) is 11.7 Å². The maximum Gasteiger partial charge on any atom is 0.0710 e. The quantitative estimate of drug-likeness (QED) is 0.726. The molecule has 0 aromatic carbocycles. The van der Waals surface area contributed by atoms with Crippen molar-refractivity contribution in [2.75, 3.05) is 25.0 Å². The fraction of sp³-hybridized carbons (Fsp3) is 1.00. The summed E-state index contributed by atoms with van der Waals surface area (Å²) in [5, 5.41) is 1.18. The van der Waals surface area contributed by atoms with Crippen LogP contribution < -0.4 is 0 Å². The first-order chi connectivity index (χ1) is 9.30. The fourth-order valence-electron chi connectivity index (χ4n) is 4.20. The third-order valence-corrected chi connectivity index (χ3v) is 6.41. The second-order valence-corrected chi connectivity index (χ2v) is 7.57. The summed E-state index contributed by atoms with van der Waals surface area (Å²) < 4.78 is 6.49. The molecule has 1 unspecified atom stereocenters.